The summed E-state index contributed by atoms with van der Waals surface area (Å²) in [6, 6.07) is 13.6. The van der Waals surface area contributed by atoms with Crippen molar-refractivity contribution in [3.8, 4) is 0 Å². The number of nitrogens with zero attached hydrogens (tertiary/aromatic N) is 2. The van der Waals surface area contributed by atoms with Crippen molar-refractivity contribution in [2.75, 3.05) is 48.3 Å². The third-order valence-electron chi connectivity index (χ3n) is 5.18. The van der Waals surface area contributed by atoms with Gasteiger partial charge < -0.3 is 15.0 Å². The molecule has 1 aliphatic heterocycles. The summed E-state index contributed by atoms with van der Waals surface area (Å²) in [5.41, 5.74) is 4.27. The number of aryl methyl sites for hydroxylation is 2. The molecule has 0 aromatic heterocycles. The molecule has 1 fully saturated rings. The van der Waals surface area contributed by atoms with Crippen LogP contribution in [-0.2, 0) is 26.1 Å². The van der Waals surface area contributed by atoms with Gasteiger partial charge in [-0.15, -0.1) is 0 Å². The van der Waals surface area contributed by atoms with Crippen LogP contribution in [0.25, 0.3) is 0 Å². The zero-order valence-electron chi connectivity index (χ0n) is 17.7. The molecule has 2 aromatic carbocycles. The molecule has 162 valence electrons. The lowest BCUT2D eigenvalue weighted by Gasteiger charge is -2.29. The van der Waals surface area contributed by atoms with E-state index in [1.165, 1.54) is 4.31 Å². The van der Waals surface area contributed by atoms with E-state index < -0.39 is 10.0 Å². The maximum atomic E-state index is 12.5. The van der Waals surface area contributed by atoms with E-state index in [1.54, 1.807) is 0 Å². The highest BCUT2D eigenvalue weighted by Gasteiger charge is 2.23. The Morgan fingerprint density at radius 2 is 1.67 bits per heavy atom. The average Bonchev–Trinajstić information content (AvgIpc) is 2.72. The van der Waals surface area contributed by atoms with Crippen molar-refractivity contribution in [3.05, 3.63) is 59.2 Å². The third kappa shape index (κ3) is 5.52. The molecule has 1 amide bonds. The Bertz CT molecular complexity index is 964. The van der Waals surface area contributed by atoms with Crippen LogP contribution in [0.15, 0.2) is 42.5 Å². The summed E-state index contributed by atoms with van der Waals surface area (Å²) in [5.74, 6) is -0.347. The van der Waals surface area contributed by atoms with E-state index in [4.69, 9.17) is 4.74 Å². The van der Waals surface area contributed by atoms with E-state index in [2.05, 4.69) is 10.2 Å². The lowest BCUT2D eigenvalue weighted by Crippen LogP contribution is -2.40. The number of hydrogen-bond acceptors (Lipinski definition) is 5. The van der Waals surface area contributed by atoms with Gasteiger partial charge in [0.05, 0.1) is 25.2 Å². The van der Waals surface area contributed by atoms with Gasteiger partial charge in [0.2, 0.25) is 15.9 Å². The van der Waals surface area contributed by atoms with Gasteiger partial charge in [-0.3, -0.25) is 9.10 Å². The molecular weight excluding hydrogens is 402 g/mol. The van der Waals surface area contributed by atoms with Crippen LogP contribution in [0.3, 0.4) is 0 Å². The number of anilines is 2. The first-order valence-electron chi connectivity index (χ1n) is 9.98. The van der Waals surface area contributed by atoms with Crippen LogP contribution in [0, 0.1) is 13.8 Å². The molecule has 0 atom stereocenters. The Kier molecular flexibility index (Phi) is 6.99. The molecule has 0 radical (unpaired) electrons. The highest BCUT2D eigenvalue weighted by atomic mass is 32.2. The van der Waals surface area contributed by atoms with Gasteiger partial charge in [-0.05, 0) is 42.7 Å². The zero-order chi connectivity index (χ0) is 21.7. The first-order valence-corrected chi connectivity index (χ1v) is 11.8. The van der Waals surface area contributed by atoms with Gasteiger partial charge in [0, 0.05) is 25.3 Å². The van der Waals surface area contributed by atoms with Crippen LogP contribution < -0.4 is 14.5 Å². The standard InChI is InChI=1S/C22H29N3O4S/c1-17-5-4-6-18(2)22(17)25(30(3,27)28)16-21(26)23-15-19-7-9-20(10-8-19)24-11-13-29-14-12-24/h4-10H,11-16H2,1-3H3,(H,23,26). The normalized spacial score (nSPS) is 14.4. The van der Waals surface area contributed by atoms with Gasteiger partial charge >= 0.3 is 0 Å². The highest BCUT2D eigenvalue weighted by Crippen LogP contribution is 2.26. The van der Waals surface area contributed by atoms with E-state index in [-0.39, 0.29) is 12.5 Å². The number of para-hydroxylation sites is 1. The van der Waals surface area contributed by atoms with Crippen molar-refractivity contribution < 1.29 is 17.9 Å². The number of sulfonamides is 1. The lowest BCUT2D eigenvalue weighted by molar-refractivity contribution is -0.119. The van der Waals surface area contributed by atoms with Gasteiger partial charge in [0.15, 0.2) is 0 Å². The molecule has 30 heavy (non-hydrogen) atoms. The maximum Gasteiger partial charge on any atom is 0.241 e. The fourth-order valence-corrected chi connectivity index (χ4v) is 4.57. The summed E-state index contributed by atoms with van der Waals surface area (Å²) < 4.78 is 31.3. The number of carbonyl (C=O) groups is 1. The fourth-order valence-electron chi connectivity index (χ4n) is 3.59. The molecule has 0 bridgehead atoms. The van der Waals surface area contributed by atoms with E-state index >= 15 is 0 Å². The van der Waals surface area contributed by atoms with Crippen molar-refractivity contribution in [1.29, 1.82) is 0 Å². The Hall–Kier alpha value is -2.58. The second-order valence-electron chi connectivity index (χ2n) is 7.55. The number of hydrogen-bond donors (Lipinski definition) is 1. The summed E-state index contributed by atoms with van der Waals surface area (Å²) in [4.78, 5) is 14.8. The van der Waals surface area contributed by atoms with Crippen LogP contribution in [0.5, 0.6) is 0 Å². The summed E-state index contributed by atoms with van der Waals surface area (Å²) in [6.45, 7) is 6.97. The van der Waals surface area contributed by atoms with E-state index in [1.807, 2.05) is 56.3 Å². The second-order valence-corrected chi connectivity index (χ2v) is 9.46. The Labute approximate surface area is 178 Å². The monoisotopic (exact) mass is 431 g/mol. The van der Waals surface area contributed by atoms with E-state index in [0.29, 0.717) is 12.2 Å². The quantitative estimate of drug-likeness (QED) is 0.727. The molecule has 0 aliphatic carbocycles. The molecule has 1 heterocycles. The maximum absolute atomic E-state index is 12.5. The molecule has 7 nitrogen and oxygen atoms in total. The number of nitrogens with one attached hydrogen (secondary N) is 1. The molecule has 0 saturated carbocycles. The number of amides is 1. The van der Waals surface area contributed by atoms with Gasteiger partial charge in [0.1, 0.15) is 6.54 Å². The molecule has 3 rings (SSSR count). The van der Waals surface area contributed by atoms with Crippen LogP contribution in [-0.4, -0.2) is 53.4 Å². The van der Waals surface area contributed by atoms with Gasteiger partial charge in [0.25, 0.3) is 0 Å². The van der Waals surface area contributed by atoms with Crippen molar-refractivity contribution in [1.82, 2.24) is 5.32 Å². The average molecular weight is 432 g/mol. The van der Waals surface area contributed by atoms with E-state index in [0.717, 1.165) is 54.9 Å². The molecule has 0 unspecified atom stereocenters. The number of benzene rings is 2. The predicted molar refractivity (Wildman–Crippen MR) is 119 cm³/mol. The minimum atomic E-state index is -3.60. The van der Waals surface area contributed by atoms with Crippen LogP contribution in [0.2, 0.25) is 0 Å². The Balaban J connectivity index is 1.63. The van der Waals surface area contributed by atoms with Crippen molar-refractivity contribution in [2.45, 2.75) is 20.4 Å². The molecule has 1 aliphatic rings. The first kappa shape index (κ1) is 22.1. The lowest BCUT2D eigenvalue weighted by atomic mass is 10.1. The number of morpholine rings is 1. The summed E-state index contributed by atoms with van der Waals surface area (Å²) >= 11 is 0. The van der Waals surface area contributed by atoms with Crippen molar-refractivity contribution in [3.63, 3.8) is 0 Å². The van der Waals surface area contributed by atoms with Crippen molar-refractivity contribution >= 4 is 27.3 Å². The summed E-state index contributed by atoms with van der Waals surface area (Å²) in [7, 11) is -3.60. The minimum Gasteiger partial charge on any atom is -0.378 e. The predicted octanol–water partition coefficient (Wildman–Crippen LogP) is 2.22. The topological polar surface area (TPSA) is 79.0 Å². The fraction of sp³-hybridized carbons (Fsp3) is 0.409. The van der Waals surface area contributed by atoms with Crippen molar-refractivity contribution in [2.24, 2.45) is 0 Å². The number of rotatable bonds is 7. The summed E-state index contributed by atoms with van der Waals surface area (Å²) in [6.07, 6.45) is 1.12. The molecule has 2 aromatic rings. The molecule has 8 heteroatoms. The number of ether oxygens (including phenoxy) is 1. The summed E-state index contributed by atoms with van der Waals surface area (Å²) in [5, 5.41) is 2.83. The van der Waals surface area contributed by atoms with Crippen LogP contribution in [0.1, 0.15) is 16.7 Å². The second kappa shape index (κ2) is 9.49. The van der Waals surface area contributed by atoms with Crippen LogP contribution >= 0.6 is 0 Å². The zero-order valence-corrected chi connectivity index (χ0v) is 18.5. The molecule has 1 N–H and O–H groups in total. The SMILES string of the molecule is Cc1cccc(C)c1N(CC(=O)NCc1ccc(N2CCOCC2)cc1)S(C)(=O)=O. The Morgan fingerprint density at radius 1 is 1.07 bits per heavy atom. The first-order chi connectivity index (χ1) is 14.3. The molecule has 0 spiro atoms. The largest absolute Gasteiger partial charge is 0.378 e. The molecule has 1 saturated heterocycles. The third-order valence-corrected chi connectivity index (χ3v) is 6.29. The smallest absolute Gasteiger partial charge is 0.241 e. The van der Waals surface area contributed by atoms with Gasteiger partial charge in [-0.25, -0.2) is 8.42 Å². The molecular formula is C22H29N3O4S. The van der Waals surface area contributed by atoms with E-state index in [9.17, 15) is 13.2 Å². The van der Waals surface area contributed by atoms with Crippen LogP contribution in [0.4, 0.5) is 11.4 Å². The minimum absolute atomic E-state index is 0.254. The number of carbonyl (C=O) groups excluding carboxylic acids is 1. The van der Waals surface area contributed by atoms with Gasteiger partial charge in [-0.2, -0.15) is 0 Å². The Morgan fingerprint density at radius 3 is 2.23 bits per heavy atom. The highest BCUT2D eigenvalue weighted by molar-refractivity contribution is 7.92. The van der Waals surface area contributed by atoms with Gasteiger partial charge in [-0.1, -0.05) is 30.3 Å².